The quantitative estimate of drug-likeness (QED) is 0.580. The maximum Gasteiger partial charge on any atom is 0.221 e. The van der Waals surface area contributed by atoms with Gasteiger partial charge in [-0.3, -0.25) is 4.79 Å². The molecular formula is C16H11ClN2O. The van der Waals surface area contributed by atoms with Crippen molar-refractivity contribution in [2.24, 2.45) is 0 Å². The Labute approximate surface area is 120 Å². The summed E-state index contributed by atoms with van der Waals surface area (Å²) in [5, 5.41) is 0.642. The predicted molar refractivity (Wildman–Crippen MR) is 80.9 cm³/mol. The predicted octanol–water partition coefficient (Wildman–Crippen LogP) is 4.11. The third-order valence-electron chi connectivity index (χ3n) is 2.90. The van der Waals surface area contributed by atoms with Crippen LogP contribution in [0.1, 0.15) is 16.2 Å². The van der Waals surface area contributed by atoms with Gasteiger partial charge in [-0.05, 0) is 35.9 Å². The zero-order valence-corrected chi connectivity index (χ0v) is 11.3. The summed E-state index contributed by atoms with van der Waals surface area (Å²) >= 11 is 5.89. The lowest BCUT2D eigenvalue weighted by atomic mass is 10.2. The van der Waals surface area contributed by atoms with E-state index < -0.39 is 0 Å². The molecule has 0 aliphatic heterocycles. The lowest BCUT2D eigenvalue weighted by molar-refractivity contribution is 0.103. The van der Waals surface area contributed by atoms with Crippen LogP contribution in [0.2, 0.25) is 5.02 Å². The van der Waals surface area contributed by atoms with Gasteiger partial charge in [-0.25, -0.2) is 4.98 Å². The second-order valence-corrected chi connectivity index (χ2v) is 4.79. The Morgan fingerprint density at radius 2 is 2.00 bits per heavy atom. The minimum Gasteiger partial charge on any atom is -0.335 e. The number of nitrogens with one attached hydrogen (secondary N) is 1. The van der Waals surface area contributed by atoms with Crippen molar-refractivity contribution in [1.82, 2.24) is 9.97 Å². The maximum absolute atomic E-state index is 12.1. The van der Waals surface area contributed by atoms with Crippen LogP contribution in [0.15, 0.2) is 54.6 Å². The van der Waals surface area contributed by atoms with E-state index in [2.05, 4.69) is 9.97 Å². The van der Waals surface area contributed by atoms with Crippen LogP contribution >= 0.6 is 11.6 Å². The lowest BCUT2D eigenvalue weighted by Gasteiger charge is -1.93. The normalized spacial score (nSPS) is 11.2. The van der Waals surface area contributed by atoms with Crippen LogP contribution in [0.4, 0.5) is 0 Å². The Morgan fingerprint density at radius 1 is 1.15 bits per heavy atom. The Morgan fingerprint density at radius 3 is 2.80 bits per heavy atom. The lowest BCUT2D eigenvalue weighted by Crippen LogP contribution is -1.96. The number of aromatic amines is 1. The first kappa shape index (κ1) is 12.6. The highest BCUT2D eigenvalue weighted by Gasteiger charge is 2.07. The monoisotopic (exact) mass is 282 g/mol. The molecule has 1 aromatic heterocycles. The molecule has 1 N–H and O–H groups in total. The molecule has 98 valence electrons. The Bertz CT molecular complexity index is 772. The number of para-hydroxylation sites is 2. The smallest absolute Gasteiger partial charge is 0.221 e. The van der Waals surface area contributed by atoms with Gasteiger partial charge in [0.15, 0.2) is 5.82 Å². The summed E-state index contributed by atoms with van der Waals surface area (Å²) < 4.78 is 0. The zero-order chi connectivity index (χ0) is 13.9. The molecule has 0 aliphatic rings. The summed E-state index contributed by atoms with van der Waals surface area (Å²) in [5.41, 5.74) is 2.51. The van der Waals surface area contributed by atoms with Crippen molar-refractivity contribution < 1.29 is 4.79 Å². The van der Waals surface area contributed by atoms with E-state index in [0.717, 1.165) is 16.6 Å². The number of hydrogen-bond acceptors (Lipinski definition) is 2. The number of rotatable bonds is 3. The number of H-pyrrole nitrogens is 1. The van der Waals surface area contributed by atoms with Crippen LogP contribution in [0, 0.1) is 0 Å². The highest BCUT2D eigenvalue weighted by Crippen LogP contribution is 2.13. The maximum atomic E-state index is 12.1. The first-order chi connectivity index (χ1) is 9.72. The van der Waals surface area contributed by atoms with Gasteiger partial charge in [0.05, 0.1) is 11.0 Å². The molecular weight excluding hydrogens is 272 g/mol. The molecule has 20 heavy (non-hydrogen) atoms. The molecule has 0 bridgehead atoms. The number of ketones is 1. The number of nitrogens with zero attached hydrogens (tertiary/aromatic N) is 1. The first-order valence-electron chi connectivity index (χ1n) is 6.15. The number of allylic oxidation sites excluding steroid dienone is 1. The van der Waals surface area contributed by atoms with E-state index in [4.69, 9.17) is 11.6 Å². The fourth-order valence-corrected chi connectivity index (χ4v) is 2.13. The van der Waals surface area contributed by atoms with Gasteiger partial charge in [0.1, 0.15) is 0 Å². The second-order valence-electron chi connectivity index (χ2n) is 4.36. The first-order valence-corrected chi connectivity index (χ1v) is 6.53. The topological polar surface area (TPSA) is 45.8 Å². The second kappa shape index (κ2) is 5.31. The van der Waals surface area contributed by atoms with E-state index in [0.29, 0.717) is 10.8 Å². The highest BCUT2D eigenvalue weighted by atomic mass is 35.5. The molecule has 0 amide bonds. The summed E-state index contributed by atoms with van der Waals surface area (Å²) in [6, 6.07) is 14.9. The van der Waals surface area contributed by atoms with Gasteiger partial charge < -0.3 is 4.98 Å². The number of carbonyl (C=O) groups excluding carboxylic acids is 1. The number of imidazole rings is 1. The number of benzene rings is 2. The minimum atomic E-state index is -0.166. The minimum absolute atomic E-state index is 0.166. The van der Waals surface area contributed by atoms with E-state index in [1.807, 2.05) is 36.4 Å². The van der Waals surface area contributed by atoms with Crippen molar-refractivity contribution in [2.75, 3.05) is 0 Å². The molecule has 1 heterocycles. The van der Waals surface area contributed by atoms with E-state index in [1.54, 1.807) is 18.2 Å². The average molecular weight is 283 g/mol. The van der Waals surface area contributed by atoms with Crippen molar-refractivity contribution in [2.45, 2.75) is 0 Å². The van der Waals surface area contributed by atoms with Crippen molar-refractivity contribution in [3.8, 4) is 0 Å². The molecule has 2 aromatic carbocycles. The molecule has 0 radical (unpaired) electrons. The van der Waals surface area contributed by atoms with E-state index in [1.165, 1.54) is 6.08 Å². The molecule has 0 unspecified atom stereocenters. The van der Waals surface area contributed by atoms with Crippen molar-refractivity contribution >= 4 is 34.5 Å². The van der Waals surface area contributed by atoms with Gasteiger partial charge in [0.2, 0.25) is 5.78 Å². The van der Waals surface area contributed by atoms with Crippen LogP contribution in [-0.2, 0) is 0 Å². The standard InChI is InChI=1S/C16H11ClN2O/c17-12-5-3-4-11(10-12)8-9-15(20)16-18-13-6-1-2-7-14(13)19-16/h1-10H,(H,18,19). The molecule has 3 rings (SSSR count). The number of carbonyl (C=O) groups is 1. The van der Waals surface area contributed by atoms with Crippen LogP contribution in [0.5, 0.6) is 0 Å². The third kappa shape index (κ3) is 2.63. The van der Waals surface area contributed by atoms with Crippen LogP contribution in [0.25, 0.3) is 17.1 Å². The molecule has 0 fully saturated rings. The highest BCUT2D eigenvalue weighted by molar-refractivity contribution is 6.30. The van der Waals surface area contributed by atoms with Crippen LogP contribution in [-0.4, -0.2) is 15.8 Å². The van der Waals surface area contributed by atoms with Gasteiger partial charge in [-0.2, -0.15) is 0 Å². The molecule has 3 nitrogen and oxygen atoms in total. The van der Waals surface area contributed by atoms with Crippen LogP contribution < -0.4 is 0 Å². The van der Waals surface area contributed by atoms with Gasteiger partial charge in [0, 0.05) is 5.02 Å². The Balaban J connectivity index is 1.85. The Hall–Kier alpha value is -2.39. The van der Waals surface area contributed by atoms with Gasteiger partial charge in [-0.15, -0.1) is 0 Å². The number of aromatic nitrogens is 2. The fraction of sp³-hybridized carbons (Fsp3) is 0. The number of halogens is 1. The molecule has 0 atom stereocenters. The largest absolute Gasteiger partial charge is 0.335 e. The SMILES string of the molecule is O=C(C=Cc1cccc(Cl)c1)c1nc2ccccc2[nH]1. The summed E-state index contributed by atoms with van der Waals surface area (Å²) in [5.74, 6) is 0.172. The van der Waals surface area contributed by atoms with Crippen molar-refractivity contribution in [3.05, 3.63) is 71.0 Å². The van der Waals surface area contributed by atoms with E-state index >= 15 is 0 Å². The van der Waals surface area contributed by atoms with Gasteiger partial charge in [0.25, 0.3) is 0 Å². The molecule has 0 spiro atoms. The summed E-state index contributed by atoms with van der Waals surface area (Å²) in [7, 11) is 0. The molecule has 0 saturated heterocycles. The van der Waals surface area contributed by atoms with E-state index in [9.17, 15) is 4.79 Å². The zero-order valence-electron chi connectivity index (χ0n) is 10.5. The molecule has 0 aliphatic carbocycles. The van der Waals surface area contributed by atoms with Crippen LogP contribution in [0.3, 0.4) is 0 Å². The van der Waals surface area contributed by atoms with Gasteiger partial charge >= 0.3 is 0 Å². The Kier molecular flexibility index (Phi) is 3.35. The van der Waals surface area contributed by atoms with Crippen molar-refractivity contribution in [3.63, 3.8) is 0 Å². The fourth-order valence-electron chi connectivity index (χ4n) is 1.93. The molecule has 4 heteroatoms. The summed E-state index contributed by atoms with van der Waals surface area (Å²) in [4.78, 5) is 19.3. The van der Waals surface area contributed by atoms with Gasteiger partial charge in [-0.1, -0.05) is 41.9 Å². The summed E-state index contributed by atoms with van der Waals surface area (Å²) in [6.45, 7) is 0. The molecule has 3 aromatic rings. The third-order valence-corrected chi connectivity index (χ3v) is 3.13. The molecule has 0 saturated carbocycles. The average Bonchev–Trinajstić information content (AvgIpc) is 2.89. The van der Waals surface area contributed by atoms with Crippen molar-refractivity contribution in [1.29, 1.82) is 0 Å². The summed E-state index contributed by atoms with van der Waals surface area (Å²) in [6.07, 6.45) is 3.21. The number of hydrogen-bond donors (Lipinski definition) is 1. The number of fused-ring (bicyclic) bond motifs is 1. The van der Waals surface area contributed by atoms with E-state index in [-0.39, 0.29) is 5.78 Å².